The summed E-state index contributed by atoms with van der Waals surface area (Å²) in [5, 5.41) is 14.6. The zero-order chi connectivity index (χ0) is 21.6. The average molecular weight is 420 g/mol. The Morgan fingerprint density at radius 3 is 2.19 bits per heavy atom. The molecule has 2 fully saturated rings. The third kappa shape index (κ3) is 3.65. The Hall–Kier alpha value is -3.35. The number of carboxylic acids is 1. The number of rotatable bonds is 7. The van der Waals surface area contributed by atoms with Crippen molar-refractivity contribution < 1.29 is 24.2 Å². The van der Waals surface area contributed by atoms with Gasteiger partial charge in [0.2, 0.25) is 5.91 Å². The summed E-state index contributed by atoms with van der Waals surface area (Å²) in [4.78, 5) is 35.7. The molecule has 0 unspecified atom stereocenters. The molecule has 3 N–H and O–H groups in total. The van der Waals surface area contributed by atoms with Crippen molar-refractivity contribution in [2.75, 3.05) is 13.2 Å². The topological polar surface area (TPSA) is 105 Å². The first-order valence-electron chi connectivity index (χ1n) is 10.6. The highest BCUT2D eigenvalue weighted by Crippen LogP contribution is 2.44. The molecule has 2 atom stereocenters. The maximum atomic E-state index is 12.2. The van der Waals surface area contributed by atoms with Crippen molar-refractivity contribution in [3.05, 3.63) is 59.7 Å². The number of hydrogen-bond donors (Lipinski definition) is 3. The van der Waals surface area contributed by atoms with Crippen LogP contribution >= 0.6 is 0 Å². The predicted molar refractivity (Wildman–Crippen MR) is 112 cm³/mol. The second-order valence-corrected chi connectivity index (χ2v) is 8.69. The van der Waals surface area contributed by atoms with Gasteiger partial charge in [0.25, 0.3) is 0 Å². The fraction of sp³-hybridized carbons (Fsp3) is 0.375. The van der Waals surface area contributed by atoms with Crippen LogP contribution in [-0.2, 0) is 14.3 Å². The molecule has 2 aromatic carbocycles. The molecule has 160 valence electrons. The van der Waals surface area contributed by atoms with Crippen molar-refractivity contribution in [2.24, 2.45) is 11.8 Å². The molecular formula is C24H24N2O5. The Bertz CT molecular complexity index is 1020. The van der Waals surface area contributed by atoms with Gasteiger partial charge in [0.1, 0.15) is 12.1 Å². The lowest BCUT2D eigenvalue weighted by Crippen LogP contribution is -2.44. The molecular weight excluding hydrogens is 396 g/mol. The van der Waals surface area contributed by atoms with Crippen LogP contribution in [0.4, 0.5) is 4.79 Å². The van der Waals surface area contributed by atoms with E-state index in [2.05, 4.69) is 34.9 Å². The van der Waals surface area contributed by atoms with Gasteiger partial charge in [-0.15, -0.1) is 0 Å². The van der Waals surface area contributed by atoms with E-state index >= 15 is 0 Å². The summed E-state index contributed by atoms with van der Waals surface area (Å²) in [5.74, 6) is -1.44. The molecule has 5 rings (SSSR count). The quantitative estimate of drug-likeness (QED) is 0.639. The van der Waals surface area contributed by atoms with Crippen LogP contribution in [0.25, 0.3) is 11.1 Å². The number of ether oxygens (including phenoxy) is 1. The number of amides is 2. The molecule has 2 saturated carbocycles. The van der Waals surface area contributed by atoms with Crippen LogP contribution in [0.5, 0.6) is 0 Å². The molecule has 7 heteroatoms. The van der Waals surface area contributed by atoms with E-state index in [0.717, 1.165) is 11.1 Å². The van der Waals surface area contributed by atoms with Gasteiger partial charge in [-0.05, 0) is 47.4 Å². The fourth-order valence-corrected chi connectivity index (χ4v) is 4.50. The minimum atomic E-state index is -1.07. The van der Waals surface area contributed by atoms with Crippen LogP contribution in [-0.4, -0.2) is 41.8 Å². The van der Waals surface area contributed by atoms with Crippen LogP contribution in [0.3, 0.4) is 0 Å². The molecule has 0 aromatic heterocycles. The number of carboxylic acid groups (broad SMARTS) is 1. The van der Waals surface area contributed by atoms with Gasteiger partial charge in [0.15, 0.2) is 0 Å². The van der Waals surface area contributed by atoms with E-state index in [1.54, 1.807) is 0 Å². The molecule has 3 aliphatic rings. The predicted octanol–water partition coefficient (Wildman–Crippen LogP) is 2.89. The number of fused-ring (bicyclic) bond motifs is 3. The summed E-state index contributed by atoms with van der Waals surface area (Å²) in [6.45, 7) is 0.588. The highest BCUT2D eigenvalue weighted by atomic mass is 16.5. The molecule has 2 aromatic rings. The van der Waals surface area contributed by atoms with Crippen LogP contribution in [0.1, 0.15) is 36.3 Å². The summed E-state index contributed by atoms with van der Waals surface area (Å²) in [6.07, 6.45) is 1.09. The molecule has 7 nitrogen and oxygen atoms in total. The number of alkyl carbamates (subject to hydrolysis) is 1. The van der Waals surface area contributed by atoms with Crippen molar-refractivity contribution in [3.8, 4) is 11.1 Å². The highest BCUT2D eigenvalue weighted by Gasteiger charge is 2.54. The minimum Gasteiger partial charge on any atom is -0.480 e. The molecule has 0 bridgehead atoms. The van der Waals surface area contributed by atoms with Gasteiger partial charge >= 0.3 is 12.1 Å². The Balaban J connectivity index is 1.11. The van der Waals surface area contributed by atoms with E-state index in [-0.39, 0.29) is 30.3 Å². The van der Waals surface area contributed by atoms with Gasteiger partial charge in [-0.3, -0.25) is 4.79 Å². The fourth-order valence-electron chi connectivity index (χ4n) is 4.50. The van der Waals surface area contributed by atoms with E-state index in [9.17, 15) is 19.5 Å². The maximum Gasteiger partial charge on any atom is 0.407 e. The molecule has 2 amide bonds. The summed E-state index contributed by atoms with van der Waals surface area (Å²) in [5.41, 5.74) is 3.60. The molecule has 0 aliphatic heterocycles. The first-order valence-corrected chi connectivity index (χ1v) is 10.6. The van der Waals surface area contributed by atoms with Crippen molar-refractivity contribution in [3.63, 3.8) is 0 Å². The number of aliphatic carboxylic acids is 1. The normalized spacial score (nSPS) is 22.1. The lowest BCUT2D eigenvalue weighted by atomic mass is 9.98. The van der Waals surface area contributed by atoms with Gasteiger partial charge in [-0.1, -0.05) is 48.5 Å². The first-order chi connectivity index (χ1) is 15.0. The standard InChI is InChI=1S/C24H24N2O5/c27-21(26-24(9-10-24)22(28)29)19-11-14(19)12-25-23(30)31-13-20-17-7-3-1-5-15(17)16-6-2-4-8-18(16)20/h1-8,14,19-20H,9-13H2,(H,25,30)(H,26,27)(H,28,29)/t14-,19-/m1/s1. The molecule has 0 heterocycles. The highest BCUT2D eigenvalue weighted by molar-refractivity contribution is 5.91. The van der Waals surface area contributed by atoms with Gasteiger partial charge in [-0.25, -0.2) is 9.59 Å². The monoisotopic (exact) mass is 420 g/mol. The van der Waals surface area contributed by atoms with Crippen LogP contribution in [0, 0.1) is 11.8 Å². The zero-order valence-electron chi connectivity index (χ0n) is 17.0. The van der Waals surface area contributed by atoms with Crippen molar-refractivity contribution in [1.29, 1.82) is 0 Å². The van der Waals surface area contributed by atoms with Gasteiger partial charge in [0.05, 0.1) is 0 Å². The van der Waals surface area contributed by atoms with Gasteiger partial charge in [-0.2, -0.15) is 0 Å². The Labute approximate surface area is 179 Å². The van der Waals surface area contributed by atoms with Crippen LogP contribution in [0.15, 0.2) is 48.5 Å². The molecule has 0 saturated heterocycles. The van der Waals surface area contributed by atoms with Crippen LogP contribution < -0.4 is 10.6 Å². The van der Waals surface area contributed by atoms with E-state index in [1.807, 2.05) is 24.3 Å². The Kier molecular flexibility index (Phi) is 4.68. The largest absolute Gasteiger partial charge is 0.480 e. The summed E-state index contributed by atoms with van der Waals surface area (Å²) >= 11 is 0. The number of carbonyl (C=O) groups excluding carboxylic acids is 2. The zero-order valence-corrected chi connectivity index (χ0v) is 17.0. The first kappa shape index (κ1) is 19.6. The van der Waals surface area contributed by atoms with Crippen molar-refractivity contribution in [1.82, 2.24) is 10.6 Å². The Morgan fingerprint density at radius 1 is 1.00 bits per heavy atom. The minimum absolute atomic E-state index is 0.00310. The number of hydrogen-bond acceptors (Lipinski definition) is 4. The van der Waals surface area contributed by atoms with Crippen LogP contribution in [0.2, 0.25) is 0 Å². The van der Waals surface area contributed by atoms with Crippen molar-refractivity contribution >= 4 is 18.0 Å². The smallest absolute Gasteiger partial charge is 0.407 e. The summed E-state index contributed by atoms with van der Waals surface area (Å²) in [6, 6.07) is 16.3. The molecule has 0 radical (unpaired) electrons. The third-order valence-corrected chi connectivity index (χ3v) is 6.63. The lowest BCUT2D eigenvalue weighted by molar-refractivity contribution is -0.143. The molecule has 0 spiro atoms. The van der Waals surface area contributed by atoms with Gasteiger partial charge < -0.3 is 20.5 Å². The second-order valence-electron chi connectivity index (χ2n) is 8.69. The van der Waals surface area contributed by atoms with Gasteiger partial charge in [0, 0.05) is 18.4 Å². The summed E-state index contributed by atoms with van der Waals surface area (Å²) in [7, 11) is 0. The molecule has 3 aliphatic carbocycles. The molecule has 31 heavy (non-hydrogen) atoms. The summed E-state index contributed by atoms with van der Waals surface area (Å²) < 4.78 is 5.51. The van der Waals surface area contributed by atoms with E-state index in [4.69, 9.17) is 4.74 Å². The number of nitrogens with one attached hydrogen (secondary N) is 2. The number of carbonyl (C=O) groups is 3. The van der Waals surface area contributed by atoms with E-state index in [1.165, 1.54) is 11.1 Å². The average Bonchev–Trinajstić information content (AvgIpc) is 3.68. The van der Waals surface area contributed by atoms with E-state index in [0.29, 0.717) is 25.8 Å². The SMILES string of the molecule is O=C(NC[C@H]1C[C@H]1C(=O)NC1(C(=O)O)CC1)OCC1c2ccccc2-c2ccccc21. The van der Waals surface area contributed by atoms with E-state index < -0.39 is 17.6 Å². The second kappa shape index (κ2) is 7.41. The lowest BCUT2D eigenvalue weighted by Gasteiger charge is -2.15. The van der Waals surface area contributed by atoms with Crippen molar-refractivity contribution in [2.45, 2.75) is 30.7 Å². The maximum absolute atomic E-state index is 12.2. The number of benzene rings is 2. The third-order valence-electron chi connectivity index (χ3n) is 6.63. The Morgan fingerprint density at radius 2 is 1.61 bits per heavy atom.